The number of pyridine rings is 2. The predicted octanol–water partition coefficient (Wildman–Crippen LogP) is 5.85. The minimum atomic E-state index is -0.726. The highest BCUT2D eigenvalue weighted by Gasteiger charge is 2.64. The maximum atomic E-state index is 13.4. The lowest BCUT2D eigenvalue weighted by Gasteiger charge is -2.63. The summed E-state index contributed by atoms with van der Waals surface area (Å²) in [4.78, 5) is 53.6. The third-order valence-corrected chi connectivity index (χ3v) is 11.8. The van der Waals surface area contributed by atoms with E-state index in [4.69, 9.17) is 21.1 Å². The standard InChI is InChI=1S/C44H46ClN9O5/c1-43(2)40(44(3,4)41(43)59-34-10-8-28(23-46)35(45)22-34)50-38(55)29-9-13-37(49-25-29)53-17-15-52(16-18-53)14-6-5-7-19-58-33-11-12-36-30(21-33)20-32(26-48-36)54-27-31(24-47)39(56)51-42(54)57/h8-13,20-22,25-27,40-41H,5-7,14-19H2,1-4H3,(H,50,55)(H,51,56,57). The fraction of sp³-hybridized carbons (Fsp3) is 0.386. The molecular weight excluding hydrogens is 770 g/mol. The van der Waals surface area contributed by atoms with Crippen LogP contribution in [0.1, 0.15) is 68.4 Å². The summed E-state index contributed by atoms with van der Waals surface area (Å²) in [5, 5.41) is 22.8. The van der Waals surface area contributed by atoms with Crippen molar-refractivity contribution < 1.29 is 14.3 Å². The van der Waals surface area contributed by atoms with Crippen LogP contribution in [-0.2, 0) is 0 Å². The van der Waals surface area contributed by atoms with Gasteiger partial charge in [0.15, 0.2) is 0 Å². The number of hydrogen-bond donors (Lipinski definition) is 2. The lowest BCUT2D eigenvalue weighted by molar-refractivity contribution is -0.164. The monoisotopic (exact) mass is 815 g/mol. The van der Waals surface area contributed by atoms with E-state index in [0.717, 1.165) is 68.7 Å². The fourth-order valence-electron chi connectivity index (χ4n) is 8.58. The van der Waals surface area contributed by atoms with E-state index in [1.165, 1.54) is 17.0 Å². The van der Waals surface area contributed by atoms with Crippen molar-refractivity contribution in [2.24, 2.45) is 10.8 Å². The lowest BCUT2D eigenvalue weighted by Crippen LogP contribution is -2.74. The van der Waals surface area contributed by atoms with E-state index in [1.54, 1.807) is 36.5 Å². The van der Waals surface area contributed by atoms with Crippen molar-refractivity contribution in [2.45, 2.75) is 59.1 Å². The first-order chi connectivity index (χ1) is 28.3. The Labute approximate surface area is 347 Å². The van der Waals surface area contributed by atoms with Crippen LogP contribution in [0.2, 0.25) is 5.02 Å². The molecule has 15 heteroatoms. The van der Waals surface area contributed by atoms with Gasteiger partial charge in [-0.3, -0.25) is 29.0 Å². The first kappa shape index (κ1) is 41.0. The first-order valence-corrected chi connectivity index (χ1v) is 20.1. The van der Waals surface area contributed by atoms with Gasteiger partial charge < -0.3 is 19.7 Å². The van der Waals surface area contributed by atoms with Crippen LogP contribution in [-0.4, -0.2) is 81.8 Å². The Morgan fingerprint density at radius 1 is 0.898 bits per heavy atom. The third-order valence-electron chi connectivity index (χ3n) is 11.5. The van der Waals surface area contributed by atoms with Gasteiger partial charge in [-0.15, -0.1) is 0 Å². The van der Waals surface area contributed by atoms with E-state index in [0.29, 0.717) is 39.9 Å². The molecule has 0 unspecified atom stereocenters. The number of ether oxygens (including phenoxy) is 2. The number of aromatic nitrogens is 4. The number of carbonyl (C=O) groups excluding carboxylic acids is 1. The largest absolute Gasteiger partial charge is 0.494 e. The Morgan fingerprint density at radius 2 is 1.64 bits per heavy atom. The molecule has 0 bridgehead atoms. The zero-order valence-corrected chi connectivity index (χ0v) is 34.3. The highest BCUT2D eigenvalue weighted by Crippen LogP contribution is 2.55. The number of carbonyl (C=O) groups is 1. The molecule has 1 aliphatic carbocycles. The first-order valence-electron chi connectivity index (χ1n) is 19.7. The van der Waals surface area contributed by atoms with Crippen LogP contribution < -0.4 is 30.9 Å². The van der Waals surface area contributed by atoms with E-state index in [-0.39, 0.29) is 34.4 Å². The summed E-state index contributed by atoms with van der Waals surface area (Å²) in [5.74, 6) is 1.97. The molecular formula is C44H46ClN9O5. The summed E-state index contributed by atoms with van der Waals surface area (Å²) < 4.78 is 13.6. The van der Waals surface area contributed by atoms with Crippen molar-refractivity contribution in [3.8, 4) is 29.3 Å². The van der Waals surface area contributed by atoms with Crippen LogP contribution in [0, 0.1) is 33.5 Å². The number of H-pyrrole nitrogens is 1. The Kier molecular flexibility index (Phi) is 11.8. The average molecular weight is 816 g/mol. The van der Waals surface area contributed by atoms with Gasteiger partial charge in [0.1, 0.15) is 41.1 Å². The van der Waals surface area contributed by atoms with E-state index in [9.17, 15) is 24.9 Å². The third kappa shape index (κ3) is 8.65. The molecule has 4 heterocycles. The Morgan fingerprint density at radius 3 is 2.34 bits per heavy atom. The molecule has 1 amide bonds. The van der Waals surface area contributed by atoms with Gasteiger partial charge in [-0.25, -0.2) is 9.78 Å². The smallest absolute Gasteiger partial charge is 0.333 e. The Bertz CT molecular complexity index is 2550. The number of halogens is 1. The number of nitriles is 2. The second-order valence-electron chi connectivity index (χ2n) is 16.3. The molecule has 2 fully saturated rings. The molecule has 1 aliphatic heterocycles. The number of unbranched alkanes of at least 4 members (excludes halogenated alkanes) is 2. The number of amides is 1. The minimum absolute atomic E-state index is 0.147. The SMILES string of the molecule is CC1(C)C(NC(=O)c2ccc(N3CCN(CCCCCOc4ccc5ncc(-n6cc(C#N)c(=O)[nH]c6=O)cc5c4)CC3)nc2)C(C)(C)C1Oc1ccc(C#N)c(Cl)c1. The molecule has 304 valence electrons. The van der Waals surface area contributed by atoms with Gasteiger partial charge >= 0.3 is 5.69 Å². The maximum absolute atomic E-state index is 13.4. The van der Waals surface area contributed by atoms with Crippen LogP contribution in [0.3, 0.4) is 0 Å². The number of fused-ring (bicyclic) bond motifs is 1. The quantitative estimate of drug-likeness (QED) is 0.136. The normalized spacial score (nSPS) is 18.3. The molecule has 0 radical (unpaired) electrons. The second kappa shape index (κ2) is 16.9. The molecule has 2 aliphatic rings. The van der Waals surface area contributed by atoms with Crippen molar-refractivity contribution in [1.82, 2.24) is 29.7 Å². The zero-order valence-electron chi connectivity index (χ0n) is 33.5. The molecule has 0 atom stereocenters. The van der Waals surface area contributed by atoms with Gasteiger partial charge in [0.2, 0.25) is 0 Å². The van der Waals surface area contributed by atoms with Gasteiger partial charge in [0.25, 0.3) is 11.5 Å². The number of rotatable bonds is 13. The molecule has 0 spiro atoms. The summed E-state index contributed by atoms with van der Waals surface area (Å²) in [6.07, 6.45) is 7.18. The van der Waals surface area contributed by atoms with Gasteiger partial charge in [-0.2, -0.15) is 10.5 Å². The highest BCUT2D eigenvalue weighted by atomic mass is 35.5. The molecule has 14 nitrogen and oxygen atoms in total. The fourth-order valence-corrected chi connectivity index (χ4v) is 8.80. The van der Waals surface area contributed by atoms with Crippen molar-refractivity contribution in [3.05, 3.63) is 116 Å². The van der Waals surface area contributed by atoms with Crippen LogP contribution in [0.5, 0.6) is 11.5 Å². The van der Waals surface area contributed by atoms with Crippen molar-refractivity contribution in [3.63, 3.8) is 0 Å². The van der Waals surface area contributed by atoms with Crippen molar-refractivity contribution >= 4 is 34.2 Å². The van der Waals surface area contributed by atoms with Crippen molar-refractivity contribution in [1.29, 1.82) is 10.5 Å². The number of anilines is 1. The van der Waals surface area contributed by atoms with Crippen LogP contribution >= 0.6 is 11.6 Å². The van der Waals surface area contributed by atoms with Crippen LogP contribution in [0.15, 0.2) is 82.8 Å². The van der Waals surface area contributed by atoms with Crippen LogP contribution in [0.25, 0.3) is 16.6 Å². The van der Waals surface area contributed by atoms with E-state index in [2.05, 4.69) is 63.8 Å². The second-order valence-corrected chi connectivity index (χ2v) is 16.7. The Hall–Kier alpha value is -6.22. The highest BCUT2D eigenvalue weighted by molar-refractivity contribution is 6.31. The summed E-state index contributed by atoms with van der Waals surface area (Å²) in [6.45, 7) is 13.5. The van der Waals surface area contributed by atoms with E-state index < -0.39 is 11.2 Å². The number of benzene rings is 2. The number of hydrogen-bond acceptors (Lipinski definition) is 11. The Balaban J connectivity index is 0.824. The summed E-state index contributed by atoms with van der Waals surface area (Å²) >= 11 is 6.24. The number of aromatic amines is 1. The number of piperazine rings is 1. The predicted molar refractivity (Wildman–Crippen MR) is 224 cm³/mol. The molecule has 1 saturated heterocycles. The van der Waals surface area contributed by atoms with Gasteiger partial charge in [-0.05, 0) is 74.3 Å². The number of nitrogens with one attached hydrogen (secondary N) is 2. The molecule has 7 rings (SSSR count). The molecule has 5 aromatic rings. The van der Waals surface area contributed by atoms with Crippen LogP contribution in [0.4, 0.5) is 5.82 Å². The minimum Gasteiger partial charge on any atom is -0.494 e. The number of nitrogens with zero attached hydrogens (tertiary/aromatic N) is 7. The molecule has 2 aromatic carbocycles. The summed E-state index contributed by atoms with van der Waals surface area (Å²) in [6, 6.07) is 19.9. The van der Waals surface area contributed by atoms with Gasteiger partial charge in [0.05, 0.1) is 40.2 Å². The molecule has 2 N–H and O–H groups in total. The van der Waals surface area contributed by atoms with Gasteiger partial charge in [-0.1, -0.05) is 39.3 Å². The van der Waals surface area contributed by atoms with E-state index >= 15 is 0 Å². The van der Waals surface area contributed by atoms with Gasteiger partial charge in [0, 0.05) is 66.9 Å². The molecule has 59 heavy (non-hydrogen) atoms. The van der Waals surface area contributed by atoms with Crippen molar-refractivity contribution in [2.75, 3.05) is 44.2 Å². The summed E-state index contributed by atoms with van der Waals surface area (Å²) in [7, 11) is 0. The average Bonchev–Trinajstić information content (AvgIpc) is 3.23. The van der Waals surface area contributed by atoms with E-state index in [1.807, 2.05) is 30.3 Å². The lowest BCUT2D eigenvalue weighted by atomic mass is 9.49. The molecule has 3 aromatic heterocycles. The topological polar surface area (TPSA) is 182 Å². The maximum Gasteiger partial charge on any atom is 0.333 e. The zero-order chi connectivity index (χ0) is 41.9. The summed E-state index contributed by atoms with van der Waals surface area (Å²) in [5.41, 5.74) is -0.216. The molecule has 1 saturated carbocycles.